The number of hydrogen-bond acceptors (Lipinski definition) is 3. The van der Waals surface area contributed by atoms with Crippen LogP contribution in [-0.4, -0.2) is 18.9 Å². The molecule has 0 radical (unpaired) electrons. The highest BCUT2D eigenvalue weighted by molar-refractivity contribution is 5.89. The number of esters is 1. The lowest BCUT2D eigenvalue weighted by Crippen LogP contribution is -2.46. The van der Waals surface area contributed by atoms with Crippen molar-refractivity contribution in [1.82, 2.24) is 0 Å². The molecule has 1 fully saturated rings. The Bertz CT molecular complexity index is 840. The Balaban J connectivity index is 1.79. The van der Waals surface area contributed by atoms with Crippen LogP contribution in [0.15, 0.2) is 48.5 Å². The molecular weight excluding hydrogens is 324 g/mol. The van der Waals surface area contributed by atoms with Crippen LogP contribution in [-0.2, 0) is 27.8 Å². The van der Waals surface area contributed by atoms with Gasteiger partial charge in [-0.1, -0.05) is 36.4 Å². The number of Topliss-reactive ketones (excluding diaryl/α,β-unsaturated/α-hetero) is 1. The first-order chi connectivity index (χ1) is 12.6. The molecule has 4 rings (SSSR count). The van der Waals surface area contributed by atoms with Crippen molar-refractivity contribution in [2.75, 3.05) is 7.11 Å². The highest BCUT2D eigenvalue weighted by Gasteiger charge is 2.47. The summed E-state index contributed by atoms with van der Waals surface area (Å²) in [5.41, 5.74) is 4.51. The van der Waals surface area contributed by atoms with E-state index in [1.807, 2.05) is 18.2 Å². The second kappa shape index (κ2) is 6.71. The van der Waals surface area contributed by atoms with Gasteiger partial charge in [-0.15, -0.1) is 0 Å². The van der Waals surface area contributed by atoms with Crippen molar-refractivity contribution in [2.45, 2.75) is 43.9 Å². The van der Waals surface area contributed by atoms with E-state index >= 15 is 0 Å². The monoisotopic (exact) mass is 348 g/mol. The van der Waals surface area contributed by atoms with Crippen LogP contribution in [0.25, 0.3) is 0 Å². The maximum absolute atomic E-state index is 12.1. The van der Waals surface area contributed by atoms with E-state index in [0.717, 1.165) is 25.7 Å². The van der Waals surface area contributed by atoms with Crippen LogP contribution in [0.5, 0.6) is 0 Å². The van der Waals surface area contributed by atoms with E-state index in [1.54, 1.807) is 0 Å². The lowest BCUT2D eigenvalue weighted by atomic mass is 9.55. The van der Waals surface area contributed by atoms with Crippen molar-refractivity contribution < 1.29 is 14.3 Å². The number of aryl methyl sites for hydroxylation is 1. The molecule has 0 saturated heterocycles. The molecule has 0 amide bonds. The number of fused-ring (bicyclic) bond motifs is 3. The summed E-state index contributed by atoms with van der Waals surface area (Å²) < 4.78 is 4.89. The number of benzene rings is 2. The van der Waals surface area contributed by atoms with Gasteiger partial charge in [0.15, 0.2) is 0 Å². The van der Waals surface area contributed by atoms with Crippen LogP contribution >= 0.6 is 0 Å². The Kier molecular flexibility index (Phi) is 4.39. The lowest BCUT2D eigenvalue weighted by Gasteiger charge is -2.48. The van der Waals surface area contributed by atoms with E-state index in [0.29, 0.717) is 30.1 Å². The molecule has 26 heavy (non-hydrogen) atoms. The first-order valence-corrected chi connectivity index (χ1v) is 9.40. The average molecular weight is 348 g/mol. The van der Waals surface area contributed by atoms with Gasteiger partial charge < -0.3 is 4.74 Å². The van der Waals surface area contributed by atoms with Crippen LogP contribution < -0.4 is 0 Å². The molecule has 0 aromatic heterocycles. The summed E-state index contributed by atoms with van der Waals surface area (Å²) in [6, 6.07) is 16.6. The van der Waals surface area contributed by atoms with Gasteiger partial charge in [0.2, 0.25) is 0 Å². The van der Waals surface area contributed by atoms with Gasteiger partial charge in [0.25, 0.3) is 0 Å². The highest BCUT2D eigenvalue weighted by atomic mass is 16.5. The maximum Gasteiger partial charge on any atom is 0.337 e. The van der Waals surface area contributed by atoms with Crippen molar-refractivity contribution >= 4 is 11.8 Å². The zero-order valence-electron chi connectivity index (χ0n) is 15.2. The molecule has 0 aliphatic heterocycles. The van der Waals surface area contributed by atoms with Gasteiger partial charge in [0.1, 0.15) is 5.78 Å². The third kappa shape index (κ3) is 2.86. The first-order valence-electron chi connectivity index (χ1n) is 9.40. The largest absolute Gasteiger partial charge is 0.465 e. The fourth-order valence-electron chi connectivity index (χ4n) is 5.02. The van der Waals surface area contributed by atoms with Gasteiger partial charge in [0.05, 0.1) is 12.7 Å². The van der Waals surface area contributed by atoms with Gasteiger partial charge >= 0.3 is 5.97 Å². The Morgan fingerprint density at radius 1 is 1.15 bits per heavy atom. The zero-order chi connectivity index (χ0) is 18.1. The van der Waals surface area contributed by atoms with Crippen molar-refractivity contribution in [1.29, 1.82) is 0 Å². The molecular formula is C23H24O3. The standard InChI is InChI=1S/C23H24O3/c1-26-22(25)18-8-10-21-17(13-18)7-9-19-14-20(24)11-12-23(19,21)15-16-5-3-2-4-6-16/h2-6,8,10,13,19H,7,9,11-12,14-15H2,1H3. The Morgan fingerprint density at radius 2 is 1.96 bits per heavy atom. The molecule has 0 bridgehead atoms. The summed E-state index contributed by atoms with van der Waals surface area (Å²) in [6.45, 7) is 0. The summed E-state index contributed by atoms with van der Waals surface area (Å²) in [4.78, 5) is 24.1. The molecule has 3 heteroatoms. The minimum absolute atomic E-state index is 0.00248. The summed E-state index contributed by atoms with van der Waals surface area (Å²) in [5.74, 6) is 0.500. The van der Waals surface area contributed by atoms with E-state index in [4.69, 9.17) is 4.74 Å². The first kappa shape index (κ1) is 17.0. The van der Waals surface area contributed by atoms with Crippen LogP contribution in [0, 0.1) is 5.92 Å². The summed E-state index contributed by atoms with van der Waals surface area (Å²) in [5, 5.41) is 0. The van der Waals surface area contributed by atoms with E-state index in [-0.39, 0.29) is 11.4 Å². The highest BCUT2D eigenvalue weighted by Crippen LogP contribution is 2.51. The lowest BCUT2D eigenvalue weighted by molar-refractivity contribution is -0.123. The topological polar surface area (TPSA) is 43.4 Å². The van der Waals surface area contributed by atoms with Gasteiger partial charge in [-0.2, -0.15) is 0 Å². The fourth-order valence-corrected chi connectivity index (χ4v) is 5.02. The van der Waals surface area contributed by atoms with Crippen molar-refractivity contribution in [3.63, 3.8) is 0 Å². The Hall–Kier alpha value is -2.42. The molecule has 134 valence electrons. The number of ether oxygens (including phenoxy) is 1. The molecule has 3 nitrogen and oxygen atoms in total. The van der Waals surface area contributed by atoms with Gasteiger partial charge in [-0.25, -0.2) is 4.79 Å². The molecule has 2 unspecified atom stereocenters. The SMILES string of the molecule is COC(=O)c1ccc2c(c1)CCC1CC(=O)CCC21Cc1ccccc1. The second-order valence-electron chi connectivity index (χ2n) is 7.66. The molecule has 0 spiro atoms. The number of hydrogen-bond donors (Lipinski definition) is 0. The van der Waals surface area contributed by atoms with E-state index in [2.05, 4.69) is 30.3 Å². The Morgan fingerprint density at radius 3 is 2.73 bits per heavy atom. The van der Waals surface area contributed by atoms with Gasteiger partial charge in [-0.3, -0.25) is 4.79 Å². The second-order valence-corrected chi connectivity index (χ2v) is 7.66. The fraction of sp³-hybridized carbons (Fsp3) is 0.391. The number of carbonyl (C=O) groups is 2. The minimum atomic E-state index is -0.286. The predicted molar refractivity (Wildman–Crippen MR) is 100 cm³/mol. The van der Waals surface area contributed by atoms with Crippen molar-refractivity contribution in [2.24, 2.45) is 5.92 Å². The number of methoxy groups -OCH3 is 1. The average Bonchev–Trinajstić information content (AvgIpc) is 2.68. The maximum atomic E-state index is 12.1. The van der Waals surface area contributed by atoms with Crippen LogP contribution in [0.3, 0.4) is 0 Å². The van der Waals surface area contributed by atoms with Gasteiger partial charge in [0, 0.05) is 18.3 Å². The normalized spacial score (nSPS) is 24.5. The summed E-state index contributed by atoms with van der Waals surface area (Å²) in [6.07, 6.45) is 5.13. The molecule has 2 aliphatic carbocycles. The Labute approximate surface area is 154 Å². The molecule has 2 aromatic rings. The zero-order valence-corrected chi connectivity index (χ0v) is 15.2. The number of rotatable bonds is 3. The summed E-state index contributed by atoms with van der Waals surface area (Å²) in [7, 11) is 1.42. The molecule has 0 heterocycles. The summed E-state index contributed by atoms with van der Waals surface area (Å²) >= 11 is 0. The smallest absolute Gasteiger partial charge is 0.337 e. The van der Waals surface area contributed by atoms with Gasteiger partial charge in [-0.05, 0) is 60.4 Å². The van der Waals surface area contributed by atoms with E-state index < -0.39 is 0 Å². The number of ketones is 1. The number of carbonyl (C=O) groups excluding carboxylic acids is 2. The van der Waals surface area contributed by atoms with E-state index in [1.165, 1.54) is 23.8 Å². The molecule has 0 N–H and O–H groups in total. The quantitative estimate of drug-likeness (QED) is 0.778. The minimum Gasteiger partial charge on any atom is -0.465 e. The molecule has 2 aliphatic rings. The van der Waals surface area contributed by atoms with Crippen molar-refractivity contribution in [3.8, 4) is 0 Å². The molecule has 2 atom stereocenters. The van der Waals surface area contributed by atoms with Crippen LogP contribution in [0.4, 0.5) is 0 Å². The van der Waals surface area contributed by atoms with Crippen molar-refractivity contribution in [3.05, 3.63) is 70.8 Å². The van der Waals surface area contributed by atoms with E-state index in [9.17, 15) is 9.59 Å². The van der Waals surface area contributed by atoms with Crippen LogP contribution in [0.2, 0.25) is 0 Å². The van der Waals surface area contributed by atoms with Crippen LogP contribution in [0.1, 0.15) is 52.7 Å². The molecule has 1 saturated carbocycles. The predicted octanol–water partition coefficient (Wildman–Crippen LogP) is 4.27. The third-order valence-corrected chi connectivity index (χ3v) is 6.29. The molecule has 2 aromatic carbocycles. The third-order valence-electron chi connectivity index (χ3n) is 6.29.